The first-order valence-electron chi connectivity index (χ1n) is 5.01. The quantitative estimate of drug-likeness (QED) is 0.801. The monoisotopic (exact) mass is 189 g/mol. The molecule has 0 aliphatic heterocycles. The van der Waals surface area contributed by atoms with E-state index in [9.17, 15) is 0 Å². The van der Waals surface area contributed by atoms with E-state index in [4.69, 9.17) is 5.73 Å². The molecule has 2 N–H and O–H groups in total. The minimum Gasteiger partial charge on any atom is -0.327 e. The number of hydrogen-bond acceptors (Lipinski definition) is 2. The SMILES string of the molecule is CCCn1c(CN)nc2ccccc21. The average Bonchev–Trinajstić information content (AvgIpc) is 2.58. The van der Waals surface area contributed by atoms with Crippen molar-refractivity contribution >= 4 is 11.0 Å². The Morgan fingerprint density at radius 1 is 1.36 bits per heavy atom. The first-order chi connectivity index (χ1) is 6.86. The summed E-state index contributed by atoms with van der Waals surface area (Å²) in [5.41, 5.74) is 7.89. The number of hydrogen-bond donors (Lipinski definition) is 1. The molecule has 0 radical (unpaired) electrons. The van der Waals surface area contributed by atoms with Gasteiger partial charge in [0.05, 0.1) is 17.6 Å². The molecule has 0 unspecified atom stereocenters. The van der Waals surface area contributed by atoms with Crippen LogP contribution in [-0.2, 0) is 13.1 Å². The van der Waals surface area contributed by atoms with E-state index in [1.54, 1.807) is 0 Å². The van der Waals surface area contributed by atoms with E-state index in [1.807, 2.05) is 18.2 Å². The van der Waals surface area contributed by atoms with Crippen LogP contribution in [0.3, 0.4) is 0 Å². The van der Waals surface area contributed by atoms with Crippen LogP contribution in [0.1, 0.15) is 19.2 Å². The largest absolute Gasteiger partial charge is 0.327 e. The first kappa shape index (κ1) is 9.21. The van der Waals surface area contributed by atoms with Crippen molar-refractivity contribution in [1.29, 1.82) is 0 Å². The molecular weight excluding hydrogens is 174 g/mol. The lowest BCUT2D eigenvalue weighted by atomic mass is 10.3. The van der Waals surface area contributed by atoms with E-state index >= 15 is 0 Å². The van der Waals surface area contributed by atoms with Gasteiger partial charge in [0.2, 0.25) is 0 Å². The summed E-state index contributed by atoms with van der Waals surface area (Å²) in [6, 6.07) is 8.17. The summed E-state index contributed by atoms with van der Waals surface area (Å²) in [6.45, 7) is 3.66. The molecule has 0 saturated carbocycles. The lowest BCUT2D eigenvalue weighted by molar-refractivity contribution is 0.655. The number of nitrogens with zero attached hydrogens (tertiary/aromatic N) is 2. The van der Waals surface area contributed by atoms with Crippen LogP contribution < -0.4 is 5.73 Å². The highest BCUT2D eigenvalue weighted by Crippen LogP contribution is 2.15. The van der Waals surface area contributed by atoms with Crippen LogP contribution in [0.2, 0.25) is 0 Å². The number of benzene rings is 1. The molecule has 0 aliphatic rings. The molecule has 1 aromatic carbocycles. The number of imidazole rings is 1. The summed E-state index contributed by atoms with van der Waals surface area (Å²) in [5, 5.41) is 0. The molecule has 0 saturated heterocycles. The Balaban J connectivity index is 2.61. The molecule has 3 nitrogen and oxygen atoms in total. The molecule has 1 heterocycles. The minimum atomic E-state index is 0.509. The summed E-state index contributed by atoms with van der Waals surface area (Å²) >= 11 is 0. The van der Waals surface area contributed by atoms with Gasteiger partial charge in [-0.05, 0) is 18.6 Å². The van der Waals surface area contributed by atoms with Gasteiger partial charge in [0, 0.05) is 6.54 Å². The molecule has 3 heteroatoms. The van der Waals surface area contributed by atoms with Gasteiger partial charge in [0.25, 0.3) is 0 Å². The number of nitrogens with two attached hydrogens (primary N) is 1. The topological polar surface area (TPSA) is 43.8 Å². The van der Waals surface area contributed by atoms with E-state index in [0.29, 0.717) is 6.54 Å². The van der Waals surface area contributed by atoms with Crippen molar-refractivity contribution in [3.63, 3.8) is 0 Å². The zero-order chi connectivity index (χ0) is 9.97. The van der Waals surface area contributed by atoms with Crippen LogP contribution in [-0.4, -0.2) is 9.55 Å². The van der Waals surface area contributed by atoms with Gasteiger partial charge in [-0.25, -0.2) is 4.98 Å². The van der Waals surface area contributed by atoms with Crippen molar-refractivity contribution < 1.29 is 0 Å². The van der Waals surface area contributed by atoms with Gasteiger partial charge in [-0.1, -0.05) is 19.1 Å². The molecule has 2 aromatic rings. The Bertz CT molecular complexity index is 431. The number of aryl methyl sites for hydroxylation is 1. The summed E-state index contributed by atoms with van der Waals surface area (Å²) in [5.74, 6) is 0.980. The third-order valence-corrected chi connectivity index (χ3v) is 2.36. The number of rotatable bonds is 3. The number of para-hydroxylation sites is 2. The highest BCUT2D eigenvalue weighted by atomic mass is 15.1. The molecule has 1 aromatic heterocycles. The molecule has 0 amide bonds. The Hall–Kier alpha value is -1.35. The standard InChI is InChI=1S/C11H15N3/c1-2-7-14-10-6-4-3-5-9(10)13-11(14)8-12/h3-6H,2,7-8,12H2,1H3. The third-order valence-electron chi connectivity index (χ3n) is 2.36. The van der Waals surface area contributed by atoms with Crippen molar-refractivity contribution in [2.75, 3.05) is 0 Å². The number of fused-ring (bicyclic) bond motifs is 1. The summed E-state index contributed by atoms with van der Waals surface area (Å²) in [6.07, 6.45) is 1.10. The van der Waals surface area contributed by atoms with Crippen LogP contribution in [0.5, 0.6) is 0 Å². The van der Waals surface area contributed by atoms with Crippen molar-refractivity contribution in [3.8, 4) is 0 Å². The van der Waals surface area contributed by atoms with E-state index < -0.39 is 0 Å². The normalized spacial score (nSPS) is 11.0. The Morgan fingerprint density at radius 3 is 2.86 bits per heavy atom. The second-order valence-electron chi connectivity index (χ2n) is 3.37. The van der Waals surface area contributed by atoms with Gasteiger partial charge in [0.1, 0.15) is 5.82 Å². The fourth-order valence-electron chi connectivity index (χ4n) is 1.75. The molecule has 0 fully saturated rings. The number of aromatic nitrogens is 2. The summed E-state index contributed by atoms with van der Waals surface area (Å²) in [4.78, 5) is 4.49. The molecule has 0 bridgehead atoms. The van der Waals surface area contributed by atoms with Crippen LogP contribution in [0.15, 0.2) is 24.3 Å². The van der Waals surface area contributed by atoms with Crippen LogP contribution in [0.4, 0.5) is 0 Å². The van der Waals surface area contributed by atoms with Crippen molar-refractivity contribution in [3.05, 3.63) is 30.1 Å². The molecule has 0 spiro atoms. The van der Waals surface area contributed by atoms with Gasteiger partial charge in [-0.15, -0.1) is 0 Å². The average molecular weight is 189 g/mol. The first-order valence-corrected chi connectivity index (χ1v) is 5.01. The summed E-state index contributed by atoms with van der Waals surface area (Å²) in [7, 11) is 0. The van der Waals surface area contributed by atoms with Gasteiger partial charge in [-0.3, -0.25) is 0 Å². The van der Waals surface area contributed by atoms with Gasteiger partial charge in [0.15, 0.2) is 0 Å². The van der Waals surface area contributed by atoms with Crippen molar-refractivity contribution in [1.82, 2.24) is 9.55 Å². The van der Waals surface area contributed by atoms with E-state index in [0.717, 1.165) is 24.3 Å². The molecular formula is C11H15N3. The highest BCUT2D eigenvalue weighted by molar-refractivity contribution is 5.75. The minimum absolute atomic E-state index is 0.509. The van der Waals surface area contributed by atoms with Gasteiger partial charge in [-0.2, -0.15) is 0 Å². The molecule has 14 heavy (non-hydrogen) atoms. The van der Waals surface area contributed by atoms with Crippen molar-refractivity contribution in [2.24, 2.45) is 5.73 Å². The molecule has 74 valence electrons. The Labute approximate surface area is 83.6 Å². The molecule has 0 aliphatic carbocycles. The lowest BCUT2D eigenvalue weighted by Crippen LogP contribution is -2.08. The van der Waals surface area contributed by atoms with Crippen LogP contribution in [0, 0.1) is 0 Å². The molecule has 0 atom stereocenters. The highest BCUT2D eigenvalue weighted by Gasteiger charge is 2.06. The smallest absolute Gasteiger partial charge is 0.123 e. The fourth-order valence-corrected chi connectivity index (χ4v) is 1.75. The predicted octanol–water partition coefficient (Wildman–Crippen LogP) is 1.91. The maximum Gasteiger partial charge on any atom is 0.123 e. The van der Waals surface area contributed by atoms with Crippen LogP contribution in [0.25, 0.3) is 11.0 Å². The fraction of sp³-hybridized carbons (Fsp3) is 0.364. The Morgan fingerprint density at radius 2 is 2.14 bits per heavy atom. The predicted molar refractivity (Wildman–Crippen MR) is 57.9 cm³/mol. The van der Waals surface area contributed by atoms with E-state index in [2.05, 4.69) is 22.5 Å². The summed E-state index contributed by atoms with van der Waals surface area (Å²) < 4.78 is 2.20. The second-order valence-corrected chi connectivity index (χ2v) is 3.37. The maximum absolute atomic E-state index is 5.66. The van der Waals surface area contributed by atoms with Crippen molar-refractivity contribution in [2.45, 2.75) is 26.4 Å². The zero-order valence-corrected chi connectivity index (χ0v) is 8.40. The second kappa shape index (κ2) is 3.80. The van der Waals surface area contributed by atoms with E-state index in [1.165, 1.54) is 5.52 Å². The molecule has 2 rings (SSSR count). The zero-order valence-electron chi connectivity index (χ0n) is 8.40. The maximum atomic E-state index is 5.66. The van der Waals surface area contributed by atoms with Gasteiger partial charge < -0.3 is 10.3 Å². The lowest BCUT2D eigenvalue weighted by Gasteiger charge is -2.04. The Kier molecular flexibility index (Phi) is 2.50. The van der Waals surface area contributed by atoms with E-state index in [-0.39, 0.29) is 0 Å². The van der Waals surface area contributed by atoms with Gasteiger partial charge >= 0.3 is 0 Å². The van der Waals surface area contributed by atoms with Crippen LogP contribution >= 0.6 is 0 Å². The third kappa shape index (κ3) is 1.40.